The van der Waals surface area contributed by atoms with Crippen LogP contribution in [0.25, 0.3) is 5.65 Å². The van der Waals surface area contributed by atoms with Crippen molar-refractivity contribution in [2.45, 2.75) is 38.6 Å². The van der Waals surface area contributed by atoms with E-state index in [1.54, 1.807) is 12.1 Å². The molecule has 0 amide bonds. The van der Waals surface area contributed by atoms with E-state index in [0.29, 0.717) is 17.4 Å². The summed E-state index contributed by atoms with van der Waals surface area (Å²) in [6.45, 7) is 6.50. The number of likely N-dealkylation sites (tertiary alicyclic amines) is 1. The second-order valence-electron chi connectivity index (χ2n) is 6.08. The highest BCUT2D eigenvalue weighted by Gasteiger charge is 2.28. The van der Waals surface area contributed by atoms with Gasteiger partial charge in [0.05, 0.1) is 7.11 Å². The van der Waals surface area contributed by atoms with E-state index in [9.17, 15) is 4.79 Å². The number of ether oxygens (including phenoxy) is 1. The molecule has 2 aromatic rings. The summed E-state index contributed by atoms with van der Waals surface area (Å²) in [5.41, 5.74) is 1.18. The van der Waals surface area contributed by atoms with Crippen molar-refractivity contribution < 1.29 is 9.53 Å². The Morgan fingerprint density at radius 2 is 2.18 bits per heavy atom. The molecule has 3 heterocycles. The molecule has 0 bridgehead atoms. The van der Waals surface area contributed by atoms with Gasteiger partial charge in [0.2, 0.25) is 0 Å². The van der Waals surface area contributed by atoms with Crippen LogP contribution in [0.15, 0.2) is 18.2 Å². The minimum atomic E-state index is -0.358. The van der Waals surface area contributed by atoms with Gasteiger partial charge in [0.25, 0.3) is 0 Å². The summed E-state index contributed by atoms with van der Waals surface area (Å²) in [4.78, 5) is 14.5. The molecule has 0 radical (unpaired) electrons. The maximum absolute atomic E-state index is 12.0. The van der Waals surface area contributed by atoms with E-state index in [4.69, 9.17) is 4.74 Å². The zero-order valence-electron chi connectivity index (χ0n) is 13.3. The summed E-state index contributed by atoms with van der Waals surface area (Å²) >= 11 is 0. The van der Waals surface area contributed by atoms with Gasteiger partial charge in [-0.1, -0.05) is 6.07 Å². The maximum atomic E-state index is 12.0. The molecule has 1 saturated heterocycles. The Morgan fingerprint density at radius 3 is 2.91 bits per heavy atom. The number of fused-ring (bicyclic) bond motifs is 1. The summed E-state index contributed by atoms with van der Waals surface area (Å²) < 4.78 is 6.74. The third kappa shape index (κ3) is 2.59. The van der Waals surface area contributed by atoms with Crippen LogP contribution in [-0.2, 0) is 4.74 Å². The van der Waals surface area contributed by atoms with Gasteiger partial charge in [-0.25, -0.2) is 4.79 Å². The van der Waals surface area contributed by atoms with E-state index in [1.807, 2.05) is 10.5 Å². The first-order valence-electron chi connectivity index (χ1n) is 7.78. The largest absolute Gasteiger partial charge is 0.464 e. The molecule has 118 valence electrons. The number of pyridine rings is 1. The van der Waals surface area contributed by atoms with Crippen LogP contribution in [0, 0.1) is 0 Å². The lowest BCUT2D eigenvalue weighted by molar-refractivity contribution is 0.0591. The number of methoxy groups -OCH3 is 1. The first-order valence-corrected chi connectivity index (χ1v) is 7.78. The highest BCUT2D eigenvalue weighted by molar-refractivity contribution is 5.88. The van der Waals surface area contributed by atoms with Gasteiger partial charge in [-0.3, -0.25) is 4.40 Å². The topological polar surface area (TPSA) is 59.7 Å². The lowest BCUT2D eigenvalue weighted by Crippen LogP contribution is -2.39. The van der Waals surface area contributed by atoms with Crippen molar-refractivity contribution in [2.24, 2.45) is 0 Å². The third-order valence-corrected chi connectivity index (χ3v) is 4.40. The van der Waals surface area contributed by atoms with Crippen molar-refractivity contribution in [3.63, 3.8) is 0 Å². The Labute approximate surface area is 130 Å². The maximum Gasteiger partial charge on any atom is 0.355 e. The molecule has 0 saturated carbocycles. The number of hydrogen-bond acceptors (Lipinski definition) is 5. The molecule has 22 heavy (non-hydrogen) atoms. The fourth-order valence-corrected chi connectivity index (χ4v) is 3.18. The Kier molecular flexibility index (Phi) is 4.11. The monoisotopic (exact) mass is 302 g/mol. The molecule has 0 spiro atoms. The molecule has 2 aromatic heterocycles. The van der Waals surface area contributed by atoms with Crippen molar-refractivity contribution in [3.8, 4) is 0 Å². The summed E-state index contributed by atoms with van der Waals surface area (Å²) in [5, 5.41) is 8.60. The van der Waals surface area contributed by atoms with E-state index in [1.165, 1.54) is 7.11 Å². The summed E-state index contributed by atoms with van der Waals surface area (Å²) in [6, 6.07) is 5.95. The van der Waals surface area contributed by atoms with Gasteiger partial charge >= 0.3 is 5.97 Å². The zero-order chi connectivity index (χ0) is 15.7. The Bertz CT molecular complexity index is 680. The zero-order valence-corrected chi connectivity index (χ0v) is 13.3. The minimum absolute atomic E-state index is 0.289. The van der Waals surface area contributed by atoms with Crippen LogP contribution in [-0.4, -0.2) is 51.7 Å². The van der Waals surface area contributed by atoms with Gasteiger partial charge in [0.15, 0.2) is 5.65 Å². The number of esters is 1. The number of carbonyl (C=O) groups excluding carboxylic acids is 1. The van der Waals surface area contributed by atoms with Crippen LogP contribution in [0.2, 0.25) is 0 Å². The van der Waals surface area contributed by atoms with Crippen molar-refractivity contribution in [2.75, 3.05) is 20.2 Å². The third-order valence-electron chi connectivity index (χ3n) is 4.40. The SMILES string of the molecule is COC(=O)c1cccc2nnc(C3CCCN(C(C)C)C3)n12. The van der Waals surface area contributed by atoms with Gasteiger partial charge in [0, 0.05) is 18.5 Å². The Morgan fingerprint density at radius 1 is 1.36 bits per heavy atom. The van der Waals surface area contributed by atoms with E-state index in [-0.39, 0.29) is 11.9 Å². The highest BCUT2D eigenvalue weighted by Crippen LogP contribution is 2.27. The van der Waals surface area contributed by atoms with Crippen molar-refractivity contribution in [1.82, 2.24) is 19.5 Å². The van der Waals surface area contributed by atoms with Gasteiger partial charge in [-0.2, -0.15) is 0 Å². The van der Waals surface area contributed by atoms with Crippen LogP contribution in [0.5, 0.6) is 0 Å². The molecular weight excluding hydrogens is 280 g/mol. The smallest absolute Gasteiger partial charge is 0.355 e. The molecule has 1 fully saturated rings. The lowest BCUT2D eigenvalue weighted by Gasteiger charge is -2.34. The molecule has 3 rings (SSSR count). The average molecular weight is 302 g/mol. The molecular formula is C16H22N4O2. The predicted molar refractivity (Wildman–Crippen MR) is 83.0 cm³/mol. The van der Waals surface area contributed by atoms with E-state index < -0.39 is 0 Å². The van der Waals surface area contributed by atoms with Crippen molar-refractivity contribution in [3.05, 3.63) is 29.7 Å². The molecule has 0 aliphatic carbocycles. The van der Waals surface area contributed by atoms with Crippen LogP contribution in [0.4, 0.5) is 0 Å². The standard InChI is InChI=1S/C16H22N4O2/c1-11(2)19-9-5-6-12(10-19)15-18-17-14-8-4-7-13(20(14)15)16(21)22-3/h4,7-8,11-12H,5-6,9-10H2,1-3H3. The van der Waals surface area contributed by atoms with Crippen LogP contribution in [0.3, 0.4) is 0 Å². The van der Waals surface area contributed by atoms with Gasteiger partial charge in [-0.05, 0) is 45.4 Å². The summed E-state index contributed by atoms with van der Waals surface area (Å²) in [6.07, 6.45) is 2.21. The minimum Gasteiger partial charge on any atom is -0.464 e. The molecule has 6 heteroatoms. The Hall–Kier alpha value is -1.95. The van der Waals surface area contributed by atoms with Crippen molar-refractivity contribution in [1.29, 1.82) is 0 Å². The van der Waals surface area contributed by atoms with Crippen molar-refractivity contribution >= 4 is 11.6 Å². The Balaban J connectivity index is 2.02. The van der Waals surface area contributed by atoms with Gasteiger partial charge < -0.3 is 9.64 Å². The average Bonchev–Trinajstić information content (AvgIpc) is 2.98. The van der Waals surface area contributed by atoms with Gasteiger partial charge in [-0.15, -0.1) is 10.2 Å². The van der Waals surface area contributed by atoms with E-state index in [2.05, 4.69) is 28.9 Å². The van der Waals surface area contributed by atoms with Gasteiger partial charge in [0.1, 0.15) is 11.5 Å². The van der Waals surface area contributed by atoms with Crippen LogP contribution >= 0.6 is 0 Å². The number of aromatic nitrogens is 3. The van der Waals surface area contributed by atoms with Crippen LogP contribution < -0.4 is 0 Å². The molecule has 0 aromatic carbocycles. The van der Waals surface area contributed by atoms with Crippen LogP contribution in [0.1, 0.15) is 48.9 Å². The summed E-state index contributed by atoms with van der Waals surface area (Å²) in [7, 11) is 1.40. The second kappa shape index (κ2) is 6.04. The first-order chi connectivity index (χ1) is 10.6. The second-order valence-corrected chi connectivity index (χ2v) is 6.08. The summed E-state index contributed by atoms with van der Waals surface area (Å²) in [5.74, 6) is 0.793. The molecule has 1 aliphatic rings. The lowest BCUT2D eigenvalue weighted by atomic mass is 9.96. The number of rotatable bonds is 3. The number of hydrogen-bond donors (Lipinski definition) is 0. The first kappa shape index (κ1) is 15.0. The fraction of sp³-hybridized carbons (Fsp3) is 0.562. The number of nitrogens with zero attached hydrogens (tertiary/aromatic N) is 4. The van der Waals surface area contributed by atoms with E-state index >= 15 is 0 Å². The molecule has 1 unspecified atom stereocenters. The molecule has 6 nitrogen and oxygen atoms in total. The predicted octanol–water partition coefficient (Wildman–Crippen LogP) is 2.10. The number of piperidine rings is 1. The van der Waals surface area contributed by atoms with E-state index in [0.717, 1.165) is 31.8 Å². The highest BCUT2D eigenvalue weighted by atomic mass is 16.5. The fourth-order valence-electron chi connectivity index (χ4n) is 3.18. The molecule has 0 N–H and O–H groups in total. The normalized spacial score (nSPS) is 19.7. The quantitative estimate of drug-likeness (QED) is 0.813. The number of carbonyl (C=O) groups is 1. The molecule has 1 atom stereocenters. The molecule has 1 aliphatic heterocycles.